The smallest absolute Gasteiger partial charge is 0.258 e. The Morgan fingerprint density at radius 1 is 1.75 bits per heavy atom. The Balaban J connectivity index is 3.35. The maximum atomic E-state index is 10.3. The van der Waals surface area contributed by atoms with Crippen molar-refractivity contribution < 1.29 is 4.92 Å². The zero-order valence-corrected chi connectivity index (χ0v) is 6.65. The fraction of sp³-hybridized carbons (Fsp3) is 0. The van der Waals surface area contributed by atoms with Crippen molar-refractivity contribution in [2.24, 2.45) is 0 Å². The predicted molar refractivity (Wildman–Crippen MR) is 42.9 cm³/mol. The number of nitriles is 1. The second-order valence-electron chi connectivity index (χ2n) is 1.90. The van der Waals surface area contributed by atoms with Gasteiger partial charge in [0, 0.05) is 12.3 Å². The van der Waals surface area contributed by atoms with Crippen LogP contribution in [0.4, 0.5) is 5.69 Å². The van der Waals surface area contributed by atoms with E-state index in [2.05, 4.69) is 17.6 Å². The molecule has 0 radical (unpaired) electrons. The Labute approximate surface area is 73.2 Å². The number of nitro groups is 1. The van der Waals surface area contributed by atoms with Crippen molar-refractivity contribution in [1.29, 1.82) is 5.26 Å². The fourth-order valence-electron chi connectivity index (χ4n) is 0.673. The van der Waals surface area contributed by atoms with Crippen LogP contribution in [0.15, 0.2) is 17.2 Å². The molecule has 1 aromatic heterocycles. The van der Waals surface area contributed by atoms with Crippen LogP contribution in [0.2, 0.25) is 0 Å². The summed E-state index contributed by atoms with van der Waals surface area (Å²) in [4.78, 5) is 13.3. The lowest BCUT2D eigenvalue weighted by molar-refractivity contribution is -0.387. The summed E-state index contributed by atoms with van der Waals surface area (Å²) in [7, 11) is 0. The Morgan fingerprint density at radius 2 is 2.42 bits per heavy atom. The second kappa shape index (κ2) is 3.19. The van der Waals surface area contributed by atoms with Gasteiger partial charge in [0.15, 0.2) is 5.69 Å². The lowest BCUT2D eigenvalue weighted by atomic mass is 10.3. The monoisotopic (exact) mass is 181 g/mol. The summed E-state index contributed by atoms with van der Waals surface area (Å²) in [6.07, 6.45) is 1.20. The van der Waals surface area contributed by atoms with E-state index < -0.39 is 4.92 Å². The van der Waals surface area contributed by atoms with Crippen molar-refractivity contribution in [2.45, 2.75) is 4.90 Å². The molecule has 0 aliphatic carbocycles. The van der Waals surface area contributed by atoms with Gasteiger partial charge in [-0.05, 0) is 0 Å². The van der Waals surface area contributed by atoms with Gasteiger partial charge in [0.2, 0.25) is 0 Å². The van der Waals surface area contributed by atoms with Crippen LogP contribution in [-0.2, 0) is 0 Å². The summed E-state index contributed by atoms with van der Waals surface area (Å²) in [5, 5.41) is 18.8. The van der Waals surface area contributed by atoms with E-state index in [4.69, 9.17) is 5.26 Å². The molecule has 12 heavy (non-hydrogen) atoms. The van der Waals surface area contributed by atoms with Crippen LogP contribution in [0, 0.1) is 21.4 Å². The van der Waals surface area contributed by atoms with Gasteiger partial charge >= 0.3 is 0 Å². The number of thiol groups is 1. The van der Waals surface area contributed by atoms with Gasteiger partial charge in [-0.1, -0.05) is 0 Å². The van der Waals surface area contributed by atoms with Gasteiger partial charge in [-0.3, -0.25) is 10.1 Å². The molecule has 0 amide bonds. The van der Waals surface area contributed by atoms with Crippen molar-refractivity contribution in [3.05, 3.63) is 28.1 Å². The van der Waals surface area contributed by atoms with E-state index in [0.29, 0.717) is 0 Å². The summed E-state index contributed by atoms with van der Waals surface area (Å²) in [5.74, 6) is 0. The first-order valence-corrected chi connectivity index (χ1v) is 3.34. The van der Waals surface area contributed by atoms with Crippen molar-refractivity contribution in [2.75, 3.05) is 0 Å². The minimum atomic E-state index is -0.606. The summed E-state index contributed by atoms with van der Waals surface area (Å²) in [6, 6.07) is 2.90. The Bertz CT molecular complexity index is 372. The highest BCUT2D eigenvalue weighted by Gasteiger charge is 2.14. The third-order valence-corrected chi connectivity index (χ3v) is 1.65. The lowest BCUT2D eigenvalue weighted by Crippen LogP contribution is -1.93. The van der Waals surface area contributed by atoms with E-state index in [-0.39, 0.29) is 16.3 Å². The molecule has 5 nitrogen and oxygen atoms in total. The highest BCUT2D eigenvalue weighted by atomic mass is 32.1. The van der Waals surface area contributed by atoms with E-state index >= 15 is 0 Å². The van der Waals surface area contributed by atoms with Gasteiger partial charge in [0.05, 0.1) is 4.92 Å². The normalized spacial score (nSPS) is 9.00. The van der Waals surface area contributed by atoms with Crippen molar-refractivity contribution >= 4 is 18.3 Å². The van der Waals surface area contributed by atoms with Crippen molar-refractivity contribution in [3.8, 4) is 6.07 Å². The third-order valence-electron chi connectivity index (χ3n) is 1.21. The maximum absolute atomic E-state index is 10.3. The number of aromatic nitrogens is 1. The lowest BCUT2D eigenvalue weighted by Gasteiger charge is -1.95. The highest BCUT2D eigenvalue weighted by molar-refractivity contribution is 7.80. The average Bonchev–Trinajstić information content (AvgIpc) is 2.04. The summed E-state index contributed by atoms with van der Waals surface area (Å²) in [6.45, 7) is 0. The third kappa shape index (κ3) is 1.35. The van der Waals surface area contributed by atoms with Gasteiger partial charge in [0.25, 0.3) is 5.69 Å². The van der Waals surface area contributed by atoms with E-state index in [1.165, 1.54) is 12.3 Å². The molecule has 1 rings (SSSR count). The minimum absolute atomic E-state index is 0.00463. The quantitative estimate of drug-likeness (QED) is 0.400. The molecule has 0 aliphatic rings. The SMILES string of the molecule is N#Cc1nccc([N+](=O)[O-])c1S. The topological polar surface area (TPSA) is 79.8 Å². The Kier molecular flexibility index (Phi) is 2.26. The summed E-state index contributed by atoms with van der Waals surface area (Å²) in [5.41, 5.74) is -0.239. The molecule has 0 saturated heterocycles. The van der Waals surface area contributed by atoms with E-state index in [1.54, 1.807) is 6.07 Å². The van der Waals surface area contributed by atoms with Crippen LogP contribution in [0.5, 0.6) is 0 Å². The van der Waals surface area contributed by atoms with Crippen LogP contribution >= 0.6 is 12.6 Å². The molecule has 6 heteroatoms. The van der Waals surface area contributed by atoms with E-state index in [0.717, 1.165) is 0 Å². The second-order valence-corrected chi connectivity index (χ2v) is 2.34. The van der Waals surface area contributed by atoms with Crippen LogP contribution in [-0.4, -0.2) is 9.91 Å². The zero-order chi connectivity index (χ0) is 9.14. The van der Waals surface area contributed by atoms with Crippen LogP contribution < -0.4 is 0 Å². The van der Waals surface area contributed by atoms with Crippen LogP contribution in [0.3, 0.4) is 0 Å². The maximum Gasteiger partial charge on any atom is 0.287 e. The zero-order valence-electron chi connectivity index (χ0n) is 5.76. The molecule has 1 heterocycles. The molecule has 0 unspecified atom stereocenters. The number of nitrogens with zero attached hydrogens (tertiary/aromatic N) is 3. The van der Waals surface area contributed by atoms with Crippen LogP contribution in [0.1, 0.15) is 5.69 Å². The first-order valence-electron chi connectivity index (χ1n) is 2.89. The van der Waals surface area contributed by atoms with Gasteiger partial charge in [0.1, 0.15) is 11.0 Å². The van der Waals surface area contributed by atoms with E-state index in [9.17, 15) is 10.1 Å². The first kappa shape index (κ1) is 8.49. The Morgan fingerprint density at radius 3 is 2.92 bits per heavy atom. The first-order chi connectivity index (χ1) is 5.66. The van der Waals surface area contributed by atoms with Gasteiger partial charge < -0.3 is 0 Å². The molecule has 0 spiro atoms. The molecular weight excluding hydrogens is 178 g/mol. The van der Waals surface area contributed by atoms with Gasteiger partial charge in [-0.15, -0.1) is 12.6 Å². The van der Waals surface area contributed by atoms with E-state index in [1.807, 2.05) is 0 Å². The average molecular weight is 181 g/mol. The highest BCUT2D eigenvalue weighted by Crippen LogP contribution is 2.23. The molecule has 0 aliphatic heterocycles. The molecule has 0 saturated carbocycles. The number of rotatable bonds is 1. The van der Waals surface area contributed by atoms with Gasteiger partial charge in [-0.25, -0.2) is 4.98 Å². The molecule has 0 N–H and O–H groups in total. The van der Waals surface area contributed by atoms with Gasteiger partial charge in [-0.2, -0.15) is 5.26 Å². The molecule has 60 valence electrons. The number of pyridine rings is 1. The van der Waals surface area contributed by atoms with Crippen LogP contribution in [0.25, 0.3) is 0 Å². The minimum Gasteiger partial charge on any atom is -0.258 e. The summed E-state index contributed by atoms with van der Waals surface area (Å²) < 4.78 is 0. The predicted octanol–water partition coefficient (Wildman–Crippen LogP) is 1.15. The summed E-state index contributed by atoms with van der Waals surface area (Å²) >= 11 is 3.80. The standard InChI is InChI=1S/C6H3N3O2S/c7-3-4-6(12)5(9(10)11)1-2-8-4/h1-2,12H. The molecule has 0 fully saturated rings. The van der Waals surface area contributed by atoms with Crippen molar-refractivity contribution in [1.82, 2.24) is 4.98 Å². The molecule has 0 atom stereocenters. The van der Waals surface area contributed by atoms with Crippen molar-refractivity contribution in [3.63, 3.8) is 0 Å². The Hall–Kier alpha value is -1.61. The molecule has 1 aromatic rings. The number of hydrogen-bond donors (Lipinski definition) is 1. The molecule has 0 aromatic carbocycles. The molecule has 0 bridgehead atoms. The largest absolute Gasteiger partial charge is 0.287 e. The fourth-order valence-corrected chi connectivity index (χ4v) is 0.937. The molecular formula is C6H3N3O2S. The number of hydrogen-bond acceptors (Lipinski definition) is 5.